The van der Waals surface area contributed by atoms with Crippen molar-refractivity contribution in [2.75, 3.05) is 29.6 Å². The Morgan fingerprint density at radius 1 is 1.19 bits per heavy atom. The van der Waals surface area contributed by atoms with Crippen molar-refractivity contribution in [3.63, 3.8) is 0 Å². The number of rotatable bonds is 7. The number of carbonyl (C=O) groups is 2. The third-order valence-electron chi connectivity index (χ3n) is 5.03. The van der Waals surface area contributed by atoms with Crippen molar-refractivity contribution >= 4 is 35.0 Å². The summed E-state index contributed by atoms with van der Waals surface area (Å²) in [7, 11) is 1.59. The van der Waals surface area contributed by atoms with Crippen molar-refractivity contribution < 1.29 is 14.3 Å². The number of hydrogen-bond acceptors (Lipinski definition) is 5. The molecule has 0 saturated heterocycles. The number of aryl methyl sites for hydroxylation is 1. The lowest BCUT2D eigenvalue weighted by molar-refractivity contribution is -0.117. The van der Waals surface area contributed by atoms with Crippen LogP contribution >= 0.6 is 11.8 Å². The van der Waals surface area contributed by atoms with E-state index in [1.165, 1.54) is 11.8 Å². The molecule has 2 heterocycles. The van der Waals surface area contributed by atoms with E-state index in [-0.39, 0.29) is 11.8 Å². The highest BCUT2D eigenvalue weighted by atomic mass is 32.2. The van der Waals surface area contributed by atoms with Gasteiger partial charge in [0.05, 0.1) is 29.9 Å². The summed E-state index contributed by atoms with van der Waals surface area (Å²) < 4.78 is 7.07. The number of carbonyl (C=O) groups excluding carboxylic acids is 2. The Kier molecular flexibility index (Phi) is 6.27. The van der Waals surface area contributed by atoms with Crippen molar-refractivity contribution in [1.29, 1.82) is 0 Å². The zero-order valence-corrected chi connectivity index (χ0v) is 18.3. The number of nitrogens with zero attached hydrogens (tertiary/aromatic N) is 3. The number of ether oxygens (including phenoxy) is 1. The molecule has 1 N–H and O–H groups in total. The van der Waals surface area contributed by atoms with E-state index in [9.17, 15) is 9.59 Å². The van der Waals surface area contributed by atoms with Crippen LogP contribution in [0.15, 0.2) is 59.6 Å². The molecule has 0 spiro atoms. The van der Waals surface area contributed by atoms with Gasteiger partial charge >= 0.3 is 0 Å². The maximum Gasteiger partial charge on any atom is 0.237 e. The van der Waals surface area contributed by atoms with Crippen molar-refractivity contribution in [3.05, 3.63) is 60.3 Å². The molecule has 0 atom stereocenters. The number of para-hydroxylation sites is 1. The first-order chi connectivity index (χ1) is 15.1. The zero-order valence-electron chi connectivity index (χ0n) is 17.5. The highest BCUT2D eigenvalue weighted by Gasteiger charge is 2.31. The highest BCUT2D eigenvalue weighted by molar-refractivity contribution is 8.00. The van der Waals surface area contributed by atoms with Crippen molar-refractivity contribution in [2.24, 2.45) is 0 Å². The maximum atomic E-state index is 12.6. The van der Waals surface area contributed by atoms with E-state index in [0.717, 1.165) is 22.1 Å². The Balaban J connectivity index is 1.43. The van der Waals surface area contributed by atoms with Gasteiger partial charge in [-0.1, -0.05) is 36.0 Å². The predicted molar refractivity (Wildman–Crippen MR) is 122 cm³/mol. The van der Waals surface area contributed by atoms with Crippen LogP contribution in [-0.4, -0.2) is 41.0 Å². The van der Waals surface area contributed by atoms with E-state index in [1.54, 1.807) is 18.1 Å². The number of fused-ring (bicyclic) bond motifs is 1. The van der Waals surface area contributed by atoms with Gasteiger partial charge in [0.15, 0.2) is 0 Å². The summed E-state index contributed by atoms with van der Waals surface area (Å²) in [5.74, 6) is 0.999. The summed E-state index contributed by atoms with van der Waals surface area (Å²) in [5, 5.41) is 8.51. The molecule has 160 valence electrons. The van der Waals surface area contributed by atoms with Crippen LogP contribution in [0, 0.1) is 6.92 Å². The molecular formula is C23H24N4O3S. The summed E-state index contributed by atoms with van der Waals surface area (Å²) in [6.07, 6.45) is 0.872. The zero-order chi connectivity index (χ0) is 21.8. The van der Waals surface area contributed by atoms with Gasteiger partial charge < -0.3 is 15.0 Å². The van der Waals surface area contributed by atoms with E-state index in [2.05, 4.69) is 10.4 Å². The van der Waals surface area contributed by atoms with Gasteiger partial charge in [-0.25, -0.2) is 4.68 Å². The van der Waals surface area contributed by atoms with E-state index >= 15 is 0 Å². The van der Waals surface area contributed by atoms with Gasteiger partial charge in [-0.3, -0.25) is 9.59 Å². The minimum atomic E-state index is -0.0935. The lowest BCUT2D eigenvalue weighted by atomic mass is 10.2. The molecule has 7 nitrogen and oxygen atoms in total. The SMILES string of the molecule is COc1cccc(NC(=O)CCCN2C(=O)CSc3c2c(C)nn3-c2ccccc2)c1. The van der Waals surface area contributed by atoms with Crippen LogP contribution in [0.1, 0.15) is 18.5 Å². The second-order valence-corrected chi connectivity index (χ2v) is 8.17. The Morgan fingerprint density at radius 2 is 2.00 bits per heavy atom. The van der Waals surface area contributed by atoms with E-state index in [0.29, 0.717) is 36.6 Å². The topological polar surface area (TPSA) is 76.5 Å². The first-order valence-electron chi connectivity index (χ1n) is 10.1. The average Bonchev–Trinajstić information content (AvgIpc) is 3.12. The predicted octanol–water partition coefficient (Wildman–Crippen LogP) is 4.05. The summed E-state index contributed by atoms with van der Waals surface area (Å²) in [5.41, 5.74) is 3.31. The summed E-state index contributed by atoms with van der Waals surface area (Å²) in [4.78, 5) is 26.8. The van der Waals surface area contributed by atoms with Gasteiger partial charge in [-0.2, -0.15) is 5.10 Å². The van der Waals surface area contributed by atoms with Crippen LogP contribution in [0.2, 0.25) is 0 Å². The average molecular weight is 437 g/mol. The number of aromatic nitrogens is 2. The monoisotopic (exact) mass is 436 g/mol. The molecule has 0 aliphatic carbocycles. The number of benzene rings is 2. The molecule has 0 bridgehead atoms. The van der Waals surface area contributed by atoms with Crippen LogP contribution in [0.3, 0.4) is 0 Å². The van der Waals surface area contributed by atoms with E-state index < -0.39 is 0 Å². The molecule has 0 saturated carbocycles. The van der Waals surface area contributed by atoms with Gasteiger partial charge in [-0.15, -0.1) is 0 Å². The molecule has 2 amide bonds. The third kappa shape index (κ3) is 4.59. The Bertz CT molecular complexity index is 1100. The number of thioether (sulfide) groups is 1. The number of hydrogen-bond donors (Lipinski definition) is 1. The van der Waals surface area contributed by atoms with Crippen molar-refractivity contribution in [3.8, 4) is 11.4 Å². The van der Waals surface area contributed by atoms with Crippen molar-refractivity contribution in [1.82, 2.24) is 9.78 Å². The molecule has 3 aromatic rings. The van der Waals surface area contributed by atoms with Crippen LogP contribution in [0.25, 0.3) is 5.69 Å². The maximum absolute atomic E-state index is 12.6. The minimum absolute atomic E-state index is 0.0430. The van der Waals surface area contributed by atoms with Crippen LogP contribution in [-0.2, 0) is 9.59 Å². The molecule has 0 fully saturated rings. The molecule has 31 heavy (non-hydrogen) atoms. The van der Waals surface area contributed by atoms with Crippen LogP contribution in [0.5, 0.6) is 5.75 Å². The summed E-state index contributed by atoms with van der Waals surface area (Å²) >= 11 is 1.51. The Morgan fingerprint density at radius 3 is 2.77 bits per heavy atom. The lowest BCUT2D eigenvalue weighted by Crippen LogP contribution is -2.36. The second-order valence-electron chi connectivity index (χ2n) is 7.20. The van der Waals surface area contributed by atoms with Gasteiger partial charge in [0.25, 0.3) is 0 Å². The quantitative estimate of drug-likeness (QED) is 0.605. The number of nitrogens with one attached hydrogen (secondary N) is 1. The molecular weight excluding hydrogens is 412 g/mol. The smallest absolute Gasteiger partial charge is 0.237 e. The van der Waals surface area contributed by atoms with Crippen LogP contribution in [0.4, 0.5) is 11.4 Å². The molecule has 1 aliphatic rings. The minimum Gasteiger partial charge on any atom is -0.497 e. The fraction of sp³-hybridized carbons (Fsp3) is 0.261. The fourth-order valence-corrected chi connectivity index (χ4v) is 4.65. The van der Waals surface area contributed by atoms with E-state index in [4.69, 9.17) is 4.74 Å². The number of anilines is 2. The first kappa shape index (κ1) is 21.0. The highest BCUT2D eigenvalue weighted by Crippen LogP contribution is 2.39. The van der Waals surface area contributed by atoms with Crippen molar-refractivity contribution in [2.45, 2.75) is 24.8 Å². The normalized spacial score (nSPS) is 13.1. The van der Waals surface area contributed by atoms with Gasteiger partial charge in [0.1, 0.15) is 10.8 Å². The van der Waals surface area contributed by atoms with Gasteiger partial charge in [-0.05, 0) is 37.6 Å². The molecule has 1 aromatic heterocycles. The Hall–Kier alpha value is -3.26. The molecule has 8 heteroatoms. The van der Waals surface area contributed by atoms with Crippen LogP contribution < -0.4 is 15.0 Å². The molecule has 1 aliphatic heterocycles. The molecule has 2 aromatic carbocycles. The number of amides is 2. The first-order valence-corrected chi connectivity index (χ1v) is 11.1. The van der Waals surface area contributed by atoms with E-state index in [1.807, 2.05) is 60.1 Å². The fourth-order valence-electron chi connectivity index (χ4n) is 3.57. The largest absolute Gasteiger partial charge is 0.497 e. The standard InChI is InChI=1S/C23H24N4O3S/c1-16-22-23(27(25-16)18-9-4-3-5-10-18)31-15-21(29)26(22)13-7-12-20(28)24-17-8-6-11-19(14-17)30-2/h3-6,8-11,14H,7,12-13,15H2,1-2H3,(H,24,28). The molecule has 4 rings (SSSR count). The third-order valence-corrected chi connectivity index (χ3v) is 6.06. The van der Waals surface area contributed by atoms with Gasteiger partial charge in [0, 0.05) is 24.7 Å². The molecule has 0 unspecified atom stereocenters. The molecule has 0 radical (unpaired) electrons. The lowest BCUT2D eigenvalue weighted by Gasteiger charge is -2.27. The van der Waals surface area contributed by atoms with Gasteiger partial charge in [0.2, 0.25) is 11.8 Å². The second kappa shape index (κ2) is 9.26. The number of methoxy groups -OCH3 is 1. The Labute approximate surface area is 185 Å². The summed E-state index contributed by atoms with van der Waals surface area (Å²) in [6.45, 7) is 2.39. The summed E-state index contributed by atoms with van der Waals surface area (Å²) in [6, 6.07) is 17.1.